The van der Waals surface area contributed by atoms with Gasteiger partial charge in [0.05, 0.1) is 11.7 Å². The summed E-state index contributed by atoms with van der Waals surface area (Å²) in [5.41, 5.74) is 1.86. The van der Waals surface area contributed by atoms with Gasteiger partial charge in [-0.05, 0) is 36.8 Å². The average molecular weight is 378 g/mol. The van der Waals surface area contributed by atoms with E-state index in [1.165, 1.54) is 21.7 Å². The lowest BCUT2D eigenvalue weighted by atomic mass is 9.81. The van der Waals surface area contributed by atoms with Crippen molar-refractivity contribution in [1.82, 2.24) is 9.21 Å². The van der Waals surface area contributed by atoms with Gasteiger partial charge >= 0.3 is 5.97 Å². The highest BCUT2D eigenvalue weighted by atomic mass is 32.2. The summed E-state index contributed by atoms with van der Waals surface area (Å²) in [4.78, 5) is 14.4. The molecule has 0 radical (unpaired) electrons. The highest BCUT2D eigenvalue weighted by molar-refractivity contribution is 7.88. The van der Waals surface area contributed by atoms with Crippen LogP contribution in [0, 0.1) is 11.3 Å². The van der Waals surface area contributed by atoms with E-state index in [-0.39, 0.29) is 12.5 Å². The molecule has 2 unspecified atom stereocenters. The minimum Gasteiger partial charge on any atom is -0.481 e. The fourth-order valence-electron chi connectivity index (χ4n) is 5.09. The molecule has 4 rings (SSSR count). The average Bonchev–Trinajstić information content (AvgIpc) is 3.03. The number of likely N-dealkylation sites (tertiary alicyclic amines) is 1. The van der Waals surface area contributed by atoms with Gasteiger partial charge in [0.1, 0.15) is 0 Å². The monoisotopic (exact) mass is 378 g/mol. The molecule has 0 amide bonds. The van der Waals surface area contributed by atoms with Gasteiger partial charge in [-0.1, -0.05) is 24.3 Å². The molecule has 2 saturated heterocycles. The first-order valence-electron chi connectivity index (χ1n) is 9.29. The summed E-state index contributed by atoms with van der Waals surface area (Å²) in [5, 5.41) is 9.92. The highest BCUT2D eigenvalue weighted by Crippen LogP contribution is 2.45. The van der Waals surface area contributed by atoms with Crippen LogP contribution in [0.4, 0.5) is 0 Å². The van der Waals surface area contributed by atoms with Crippen molar-refractivity contribution >= 4 is 16.0 Å². The first-order chi connectivity index (χ1) is 12.3. The van der Waals surface area contributed by atoms with Gasteiger partial charge in [0.25, 0.3) is 0 Å². The summed E-state index contributed by atoms with van der Waals surface area (Å²) >= 11 is 0. The van der Waals surface area contributed by atoms with Crippen molar-refractivity contribution < 1.29 is 18.3 Å². The number of carbonyl (C=O) groups is 1. The van der Waals surface area contributed by atoms with Crippen LogP contribution in [-0.2, 0) is 27.7 Å². The van der Waals surface area contributed by atoms with Crippen LogP contribution in [0.5, 0.6) is 0 Å². The molecule has 0 spiro atoms. The van der Waals surface area contributed by atoms with E-state index in [2.05, 4.69) is 29.2 Å². The summed E-state index contributed by atoms with van der Waals surface area (Å²) in [7, 11) is -3.35. The molecule has 0 saturated carbocycles. The molecule has 142 valence electrons. The summed E-state index contributed by atoms with van der Waals surface area (Å²) in [6.45, 7) is 1.57. The van der Waals surface area contributed by atoms with Gasteiger partial charge in [0.2, 0.25) is 10.0 Å². The third-order valence-corrected chi connectivity index (χ3v) is 7.84. The lowest BCUT2D eigenvalue weighted by Crippen LogP contribution is -2.44. The molecule has 2 fully saturated rings. The molecule has 6 nitrogen and oxygen atoms in total. The molecule has 1 aromatic rings. The van der Waals surface area contributed by atoms with Crippen molar-refractivity contribution in [1.29, 1.82) is 0 Å². The zero-order valence-electron chi connectivity index (χ0n) is 15.1. The Hall–Kier alpha value is -1.44. The van der Waals surface area contributed by atoms with Crippen LogP contribution in [0.15, 0.2) is 24.3 Å². The van der Waals surface area contributed by atoms with E-state index >= 15 is 0 Å². The third-order valence-electron chi connectivity index (χ3n) is 6.63. The molecule has 0 aromatic heterocycles. The normalized spacial score (nSPS) is 30.7. The Morgan fingerprint density at radius 1 is 1.12 bits per heavy atom. The van der Waals surface area contributed by atoms with Crippen molar-refractivity contribution in [3.05, 3.63) is 35.4 Å². The first-order valence-corrected chi connectivity index (χ1v) is 11.1. The molecule has 0 bridgehead atoms. The summed E-state index contributed by atoms with van der Waals surface area (Å²) < 4.78 is 25.2. The molecule has 2 atom stereocenters. The first kappa shape index (κ1) is 17.9. The Morgan fingerprint density at radius 3 is 2.23 bits per heavy atom. The number of carboxylic acid groups (broad SMARTS) is 1. The summed E-state index contributed by atoms with van der Waals surface area (Å²) in [5.74, 6) is -0.978. The molecule has 1 N–H and O–H groups in total. The largest absolute Gasteiger partial charge is 0.481 e. The Kier molecular flexibility index (Phi) is 4.36. The molecular weight excluding hydrogens is 352 g/mol. The van der Waals surface area contributed by atoms with Crippen LogP contribution in [0.25, 0.3) is 0 Å². The topological polar surface area (TPSA) is 77.9 Å². The lowest BCUT2D eigenvalue weighted by Gasteiger charge is -2.30. The molecule has 1 aliphatic carbocycles. The molecule has 7 heteroatoms. The van der Waals surface area contributed by atoms with E-state index in [0.29, 0.717) is 25.7 Å². The Labute approximate surface area is 154 Å². The van der Waals surface area contributed by atoms with Crippen LogP contribution in [0.1, 0.15) is 24.0 Å². The van der Waals surface area contributed by atoms with Crippen molar-refractivity contribution in [2.45, 2.75) is 31.7 Å². The third kappa shape index (κ3) is 2.96. The van der Waals surface area contributed by atoms with Crippen LogP contribution in [-0.4, -0.2) is 67.2 Å². The fraction of sp³-hybridized carbons (Fsp3) is 0.632. The van der Waals surface area contributed by atoms with Crippen LogP contribution >= 0.6 is 0 Å². The van der Waals surface area contributed by atoms with Crippen LogP contribution in [0.2, 0.25) is 0 Å². The van der Waals surface area contributed by atoms with E-state index < -0.39 is 21.4 Å². The summed E-state index contributed by atoms with van der Waals surface area (Å²) in [6, 6.07) is 8.92. The standard InChI is InChI=1S/C19H26N2O4S/c1-26(24,25)21-11-16-10-20(12-19(16,13-21)18(22)23)17-8-6-14-4-2-3-5-15(14)7-9-17/h2-5,16-17H,6-13H2,1H3,(H,22,23). The van der Waals surface area contributed by atoms with Crippen molar-refractivity contribution in [3.8, 4) is 0 Å². The number of aliphatic carboxylic acids is 1. The number of carboxylic acids is 1. The predicted molar refractivity (Wildman–Crippen MR) is 98.4 cm³/mol. The van der Waals surface area contributed by atoms with Gasteiger partial charge in [0.15, 0.2) is 0 Å². The van der Waals surface area contributed by atoms with E-state index in [1.54, 1.807) is 0 Å². The number of fused-ring (bicyclic) bond motifs is 2. The van der Waals surface area contributed by atoms with Gasteiger partial charge in [0, 0.05) is 38.1 Å². The second-order valence-corrected chi connectivity index (χ2v) is 10.1. The maximum Gasteiger partial charge on any atom is 0.312 e. The smallest absolute Gasteiger partial charge is 0.312 e. The molecule has 1 aromatic carbocycles. The van der Waals surface area contributed by atoms with Gasteiger partial charge < -0.3 is 5.11 Å². The Balaban J connectivity index is 1.51. The number of sulfonamides is 1. The van der Waals surface area contributed by atoms with E-state index in [0.717, 1.165) is 25.7 Å². The second-order valence-electron chi connectivity index (χ2n) is 8.14. The van der Waals surface area contributed by atoms with Crippen molar-refractivity contribution in [2.24, 2.45) is 11.3 Å². The van der Waals surface area contributed by atoms with Gasteiger partial charge in [-0.15, -0.1) is 0 Å². The predicted octanol–water partition coefficient (Wildman–Crippen LogP) is 1.21. The number of nitrogens with zero attached hydrogens (tertiary/aromatic N) is 2. The van der Waals surface area contributed by atoms with E-state index in [4.69, 9.17) is 0 Å². The van der Waals surface area contributed by atoms with Gasteiger partial charge in [-0.25, -0.2) is 12.7 Å². The Bertz CT molecular complexity index is 798. The zero-order chi connectivity index (χ0) is 18.5. The SMILES string of the molecule is CS(=O)(=O)N1CC2CN(C3CCc4ccccc4CC3)CC2(C(=O)O)C1. The fourth-order valence-corrected chi connectivity index (χ4v) is 6.01. The van der Waals surface area contributed by atoms with Gasteiger partial charge in [-0.3, -0.25) is 9.69 Å². The van der Waals surface area contributed by atoms with E-state index in [1.807, 2.05) is 0 Å². The number of benzene rings is 1. The van der Waals surface area contributed by atoms with Gasteiger partial charge in [-0.2, -0.15) is 0 Å². The molecule has 2 aliphatic heterocycles. The minimum absolute atomic E-state index is 0.106. The molecule has 3 aliphatic rings. The maximum absolute atomic E-state index is 12.1. The molecule has 2 heterocycles. The van der Waals surface area contributed by atoms with E-state index in [9.17, 15) is 18.3 Å². The number of aryl methyl sites for hydroxylation is 2. The number of hydrogen-bond acceptors (Lipinski definition) is 4. The minimum atomic E-state index is -3.35. The highest BCUT2D eigenvalue weighted by Gasteiger charge is 2.59. The second kappa shape index (κ2) is 6.32. The quantitative estimate of drug-likeness (QED) is 0.800. The van der Waals surface area contributed by atoms with Crippen LogP contribution < -0.4 is 0 Å². The van der Waals surface area contributed by atoms with Crippen molar-refractivity contribution in [3.63, 3.8) is 0 Å². The number of hydrogen-bond donors (Lipinski definition) is 1. The summed E-state index contributed by atoms with van der Waals surface area (Å²) in [6.07, 6.45) is 5.30. The maximum atomic E-state index is 12.1. The number of rotatable bonds is 3. The Morgan fingerprint density at radius 2 is 1.73 bits per heavy atom. The van der Waals surface area contributed by atoms with Crippen molar-refractivity contribution in [2.75, 3.05) is 32.4 Å². The van der Waals surface area contributed by atoms with Crippen LogP contribution in [0.3, 0.4) is 0 Å². The molecule has 26 heavy (non-hydrogen) atoms. The molecular formula is C19H26N2O4S. The zero-order valence-corrected chi connectivity index (χ0v) is 15.9. The lowest BCUT2D eigenvalue weighted by molar-refractivity contribution is -0.148.